The zero-order valence-electron chi connectivity index (χ0n) is 13.2. The lowest BCUT2D eigenvalue weighted by Crippen LogP contribution is -2.38. The van der Waals surface area contributed by atoms with Crippen LogP contribution >= 0.6 is 11.3 Å². The van der Waals surface area contributed by atoms with Crippen molar-refractivity contribution in [2.45, 2.75) is 31.1 Å². The molecule has 1 aliphatic heterocycles. The maximum absolute atomic E-state index is 14.2. The fourth-order valence-electron chi connectivity index (χ4n) is 3.73. The lowest BCUT2D eigenvalue weighted by atomic mass is 9.74. The van der Waals surface area contributed by atoms with E-state index in [1.165, 1.54) is 6.07 Å². The predicted molar refractivity (Wildman–Crippen MR) is 90.2 cm³/mol. The molecule has 0 saturated carbocycles. The van der Waals surface area contributed by atoms with E-state index in [9.17, 15) is 18.4 Å². The maximum Gasteiger partial charge on any atom is 0.225 e. The molecule has 0 fully saturated rings. The van der Waals surface area contributed by atoms with Gasteiger partial charge >= 0.3 is 0 Å². The van der Waals surface area contributed by atoms with E-state index in [1.54, 1.807) is 11.3 Å². The molecule has 1 amide bonds. The fourth-order valence-corrected chi connectivity index (χ4v) is 4.57. The molecule has 4 rings (SSSR count). The average molecular weight is 359 g/mol. The number of hydrogen-bond donors (Lipinski definition) is 1. The van der Waals surface area contributed by atoms with Gasteiger partial charge in [-0.3, -0.25) is 9.59 Å². The highest BCUT2D eigenvalue weighted by Crippen LogP contribution is 2.43. The molecular formula is C19H15F2NO2S. The van der Waals surface area contributed by atoms with Crippen molar-refractivity contribution in [3.05, 3.63) is 69.1 Å². The molecule has 2 aromatic rings. The normalized spacial score (nSPS) is 23.4. The van der Waals surface area contributed by atoms with E-state index in [2.05, 4.69) is 5.32 Å². The van der Waals surface area contributed by atoms with Gasteiger partial charge in [-0.2, -0.15) is 0 Å². The minimum Gasteiger partial charge on any atom is -0.329 e. The van der Waals surface area contributed by atoms with Crippen LogP contribution in [0.1, 0.15) is 41.5 Å². The first-order chi connectivity index (χ1) is 12.0. The summed E-state index contributed by atoms with van der Waals surface area (Å²) in [5.41, 5.74) is 1.25. The third-order valence-electron chi connectivity index (χ3n) is 4.82. The number of hydrogen-bond acceptors (Lipinski definition) is 3. The van der Waals surface area contributed by atoms with Crippen LogP contribution in [0.4, 0.5) is 8.78 Å². The number of halogens is 2. The molecule has 1 aromatic heterocycles. The zero-order valence-corrected chi connectivity index (χ0v) is 14.0. The number of carbonyl (C=O) groups is 2. The Bertz CT molecular complexity index is 889. The van der Waals surface area contributed by atoms with Crippen molar-refractivity contribution in [2.24, 2.45) is 0 Å². The first-order valence-corrected chi connectivity index (χ1v) is 8.95. The molecule has 6 heteroatoms. The highest BCUT2D eigenvalue weighted by Gasteiger charge is 2.39. The van der Waals surface area contributed by atoms with Gasteiger partial charge in [-0.25, -0.2) is 8.78 Å². The summed E-state index contributed by atoms with van der Waals surface area (Å²) in [6.45, 7) is 0. The number of thiophene rings is 1. The number of nitrogens with one attached hydrogen (secondary N) is 1. The Balaban J connectivity index is 1.76. The van der Waals surface area contributed by atoms with Gasteiger partial charge in [-0.15, -0.1) is 11.3 Å². The summed E-state index contributed by atoms with van der Waals surface area (Å²) < 4.78 is 27.5. The van der Waals surface area contributed by atoms with Crippen LogP contribution in [-0.2, 0) is 9.59 Å². The third kappa shape index (κ3) is 2.91. The highest BCUT2D eigenvalue weighted by molar-refractivity contribution is 7.10. The molecule has 0 spiro atoms. The van der Waals surface area contributed by atoms with Crippen LogP contribution in [0.5, 0.6) is 0 Å². The molecule has 2 aliphatic rings. The van der Waals surface area contributed by atoms with Crippen LogP contribution in [0.25, 0.3) is 0 Å². The summed E-state index contributed by atoms with van der Waals surface area (Å²) in [7, 11) is 0. The van der Waals surface area contributed by atoms with Crippen molar-refractivity contribution in [3.8, 4) is 0 Å². The molecule has 1 aromatic carbocycles. The van der Waals surface area contributed by atoms with E-state index in [1.807, 2.05) is 17.5 Å². The number of Topliss-reactive ketones (excluding diaryl/α,β-unsaturated/α-hetero) is 1. The monoisotopic (exact) mass is 359 g/mol. The van der Waals surface area contributed by atoms with Gasteiger partial charge in [0.05, 0.1) is 0 Å². The first kappa shape index (κ1) is 16.1. The Labute approximate surface area is 147 Å². The molecule has 128 valence electrons. The third-order valence-corrected chi connectivity index (χ3v) is 5.85. The Morgan fingerprint density at radius 1 is 1.08 bits per heavy atom. The molecular weight excluding hydrogens is 344 g/mol. The number of ketones is 1. The van der Waals surface area contributed by atoms with Crippen LogP contribution in [-0.4, -0.2) is 11.7 Å². The van der Waals surface area contributed by atoms with Gasteiger partial charge in [0.1, 0.15) is 11.6 Å². The van der Waals surface area contributed by atoms with E-state index in [-0.39, 0.29) is 29.6 Å². The topological polar surface area (TPSA) is 46.2 Å². The van der Waals surface area contributed by atoms with Gasteiger partial charge in [0.2, 0.25) is 5.91 Å². The van der Waals surface area contributed by atoms with Crippen molar-refractivity contribution in [1.29, 1.82) is 0 Å². The van der Waals surface area contributed by atoms with E-state index < -0.39 is 17.6 Å². The molecule has 0 radical (unpaired) electrons. The largest absolute Gasteiger partial charge is 0.329 e. The number of allylic oxidation sites excluding steroid dienone is 2. The van der Waals surface area contributed by atoms with Gasteiger partial charge in [0.25, 0.3) is 0 Å². The summed E-state index contributed by atoms with van der Waals surface area (Å²) >= 11 is 1.58. The molecule has 25 heavy (non-hydrogen) atoms. The van der Waals surface area contributed by atoms with Gasteiger partial charge in [0, 0.05) is 46.9 Å². The van der Waals surface area contributed by atoms with Crippen LogP contribution in [0.15, 0.2) is 47.0 Å². The quantitative estimate of drug-likeness (QED) is 0.880. The molecule has 0 unspecified atom stereocenters. The van der Waals surface area contributed by atoms with Gasteiger partial charge < -0.3 is 5.32 Å². The van der Waals surface area contributed by atoms with E-state index >= 15 is 0 Å². The number of amides is 1. The van der Waals surface area contributed by atoms with Crippen LogP contribution in [0.2, 0.25) is 0 Å². The SMILES string of the molecule is O=C1C[C@H](c2ccc(F)cc2F)C2=C(C[C@@H](c3cccs3)CC2=O)N1. The maximum atomic E-state index is 14.2. The zero-order chi connectivity index (χ0) is 17.6. The smallest absolute Gasteiger partial charge is 0.225 e. The minimum absolute atomic E-state index is 0.00318. The molecule has 1 N–H and O–H groups in total. The number of rotatable bonds is 2. The molecule has 1 aliphatic carbocycles. The van der Waals surface area contributed by atoms with E-state index in [0.717, 1.165) is 17.0 Å². The fraction of sp³-hybridized carbons (Fsp3) is 0.263. The van der Waals surface area contributed by atoms with Crippen LogP contribution < -0.4 is 5.32 Å². The summed E-state index contributed by atoms with van der Waals surface area (Å²) in [4.78, 5) is 26.0. The van der Waals surface area contributed by atoms with Gasteiger partial charge in [-0.1, -0.05) is 12.1 Å². The first-order valence-electron chi connectivity index (χ1n) is 8.07. The summed E-state index contributed by atoms with van der Waals surface area (Å²) in [6, 6.07) is 7.20. The van der Waals surface area contributed by atoms with Crippen molar-refractivity contribution in [1.82, 2.24) is 5.32 Å². The van der Waals surface area contributed by atoms with Crippen molar-refractivity contribution >= 4 is 23.0 Å². The second kappa shape index (κ2) is 6.19. The second-order valence-electron chi connectivity index (χ2n) is 6.41. The molecule has 2 heterocycles. The predicted octanol–water partition coefficient (Wildman–Crippen LogP) is 4.03. The molecule has 0 saturated heterocycles. The summed E-state index contributed by atoms with van der Waals surface area (Å²) in [5, 5.41) is 4.76. The van der Waals surface area contributed by atoms with Crippen molar-refractivity contribution in [2.75, 3.05) is 0 Å². The van der Waals surface area contributed by atoms with E-state index in [0.29, 0.717) is 24.1 Å². The lowest BCUT2D eigenvalue weighted by molar-refractivity contribution is -0.122. The number of carbonyl (C=O) groups excluding carboxylic acids is 2. The molecule has 0 bridgehead atoms. The van der Waals surface area contributed by atoms with Crippen molar-refractivity contribution in [3.63, 3.8) is 0 Å². The Morgan fingerprint density at radius 2 is 1.92 bits per heavy atom. The van der Waals surface area contributed by atoms with Gasteiger partial charge in [-0.05, 0) is 29.5 Å². The standard InChI is InChI=1S/C19H15F2NO2S/c20-11-3-4-12(14(21)8-11)13-9-18(24)22-15-6-10(7-16(23)19(13)15)17-2-1-5-25-17/h1-5,8,10,13H,6-7,9H2,(H,22,24)/t10-,13-/m1/s1. The van der Waals surface area contributed by atoms with Gasteiger partial charge in [0.15, 0.2) is 5.78 Å². The van der Waals surface area contributed by atoms with Crippen LogP contribution in [0, 0.1) is 11.6 Å². The molecule has 3 nitrogen and oxygen atoms in total. The molecule has 2 atom stereocenters. The Morgan fingerprint density at radius 3 is 2.64 bits per heavy atom. The number of benzene rings is 1. The lowest BCUT2D eigenvalue weighted by Gasteiger charge is -2.34. The Kier molecular flexibility index (Phi) is 4.00. The average Bonchev–Trinajstić information content (AvgIpc) is 3.08. The second-order valence-corrected chi connectivity index (χ2v) is 7.39. The minimum atomic E-state index is -0.722. The van der Waals surface area contributed by atoms with Crippen LogP contribution in [0.3, 0.4) is 0 Å². The Hall–Kier alpha value is -2.34. The van der Waals surface area contributed by atoms with Crippen molar-refractivity contribution < 1.29 is 18.4 Å². The highest BCUT2D eigenvalue weighted by atomic mass is 32.1. The summed E-state index contributed by atoms with van der Waals surface area (Å²) in [5.74, 6) is -2.34. The summed E-state index contributed by atoms with van der Waals surface area (Å²) in [6.07, 6.45) is 0.887. The van der Waals surface area contributed by atoms with E-state index in [4.69, 9.17) is 0 Å².